The molecule has 1 aromatic rings. The third kappa shape index (κ3) is 3.75. The van der Waals surface area contributed by atoms with Crippen LogP contribution in [0, 0.1) is 11.3 Å². The third-order valence-electron chi connectivity index (χ3n) is 4.35. The van der Waals surface area contributed by atoms with E-state index in [2.05, 4.69) is 22.9 Å². The quantitative estimate of drug-likeness (QED) is 0.858. The number of carbonyl (C=O) groups is 1. The highest BCUT2D eigenvalue weighted by molar-refractivity contribution is 9.10. The average Bonchev–Trinajstić information content (AvgIpc) is 2.43. The summed E-state index contributed by atoms with van der Waals surface area (Å²) in [4.78, 5) is 11.6. The minimum atomic E-state index is -0.663. The molecule has 0 amide bonds. The van der Waals surface area contributed by atoms with Crippen molar-refractivity contribution in [2.24, 2.45) is 11.3 Å². The highest BCUT2D eigenvalue weighted by atomic mass is 79.9. The number of halogens is 1. The molecular formula is C16H21BrO3. The summed E-state index contributed by atoms with van der Waals surface area (Å²) in [5.74, 6) is 0.775. The first-order valence-corrected chi connectivity index (χ1v) is 7.93. The zero-order chi connectivity index (χ0) is 14.6. The van der Waals surface area contributed by atoms with Gasteiger partial charge in [-0.1, -0.05) is 22.9 Å². The number of benzene rings is 1. The van der Waals surface area contributed by atoms with Gasteiger partial charge in [0, 0.05) is 4.47 Å². The molecule has 1 fully saturated rings. The van der Waals surface area contributed by atoms with Gasteiger partial charge in [0.25, 0.3) is 0 Å². The summed E-state index contributed by atoms with van der Waals surface area (Å²) in [6.45, 7) is 2.66. The molecule has 2 rings (SSSR count). The Bertz CT molecular complexity index is 447. The molecule has 0 radical (unpaired) electrons. The zero-order valence-electron chi connectivity index (χ0n) is 11.8. The number of carboxylic acid groups (broad SMARTS) is 1. The molecule has 0 saturated heterocycles. The van der Waals surface area contributed by atoms with Crippen molar-refractivity contribution in [2.45, 2.75) is 39.0 Å². The van der Waals surface area contributed by atoms with Crippen molar-refractivity contribution in [3.63, 3.8) is 0 Å². The van der Waals surface area contributed by atoms with Gasteiger partial charge >= 0.3 is 5.97 Å². The van der Waals surface area contributed by atoms with E-state index in [4.69, 9.17) is 4.74 Å². The van der Waals surface area contributed by atoms with E-state index < -0.39 is 11.4 Å². The highest BCUT2D eigenvalue weighted by Crippen LogP contribution is 2.41. The van der Waals surface area contributed by atoms with Crippen molar-refractivity contribution >= 4 is 21.9 Å². The van der Waals surface area contributed by atoms with E-state index >= 15 is 0 Å². The van der Waals surface area contributed by atoms with Crippen LogP contribution in [0.3, 0.4) is 0 Å². The molecule has 4 heteroatoms. The van der Waals surface area contributed by atoms with Crippen LogP contribution in [0.15, 0.2) is 28.7 Å². The lowest BCUT2D eigenvalue weighted by molar-refractivity contribution is -0.152. The number of carboxylic acids is 1. The molecule has 3 nitrogen and oxygen atoms in total. The third-order valence-corrected chi connectivity index (χ3v) is 4.88. The number of aliphatic carboxylic acids is 1. The summed E-state index contributed by atoms with van der Waals surface area (Å²) in [6, 6.07) is 7.62. The molecule has 0 aromatic heterocycles. The van der Waals surface area contributed by atoms with Gasteiger partial charge in [0.2, 0.25) is 0 Å². The van der Waals surface area contributed by atoms with Gasteiger partial charge < -0.3 is 9.84 Å². The molecule has 0 unspecified atom stereocenters. The summed E-state index contributed by atoms with van der Waals surface area (Å²) < 4.78 is 6.69. The van der Waals surface area contributed by atoms with Gasteiger partial charge in [-0.05, 0) is 62.3 Å². The molecule has 110 valence electrons. The Balaban J connectivity index is 1.90. The Morgan fingerprint density at radius 3 is 2.50 bits per heavy atom. The second-order valence-corrected chi connectivity index (χ2v) is 6.74. The van der Waals surface area contributed by atoms with Crippen LogP contribution in [0.1, 0.15) is 39.0 Å². The van der Waals surface area contributed by atoms with E-state index in [1.807, 2.05) is 24.3 Å². The summed E-state index contributed by atoms with van der Waals surface area (Å²) in [5, 5.41) is 9.55. The van der Waals surface area contributed by atoms with Gasteiger partial charge in [0.05, 0.1) is 12.0 Å². The summed E-state index contributed by atoms with van der Waals surface area (Å²) >= 11 is 3.38. The highest BCUT2D eigenvalue weighted by Gasteiger charge is 2.40. The van der Waals surface area contributed by atoms with Crippen molar-refractivity contribution in [3.8, 4) is 5.75 Å². The van der Waals surface area contributed by atoms with Crippen LogP contribution in [-0.2, 0) is 4.79 Å². The van der Waals surface area contributed by atoms with Crippen LogP contribution >= 0.6 is 15.9 Å². The molecule has 1 aromatic carbocycles. The molecular weight excluding hydrogens is 320 g/mol. The van der Waals surface area contributed by atoms with Gasteiger partial charge in [-0.15, -0.1) is 0 Å². The minimum Gasteiger partial charge on any atom is -0.494 e. The lowest BCUT2D eigenvalue weighted by atomic mass is 9.69. The molecule has 1 saturated carbocycles. The number of rotatable bonds is 5. The Labute approximate surface area is 128 Å². The predicted molar refractivity (Wildman–Crippen MR) is 82.0 cm³/mol. The molecule has 1 aliphatic rings. The Kier molecular flexibility index (Phi) is 5.08. The fourth-order valence-corrected chi connectivity index (χ4v) is 3.04. The van der Waals surface area contributed by atoms with Crippen molar-refractivity contribution in [2.75, 3.05) is 6.61 Å². The van der Waals surface area contributed by atoms with Crippen molar-refractivity contribution in [1.82, 2.24) is 0 Å². The van der Waals surface area contributed by atoms with Crippen LogP contribution in [0.5, 0.6) is 5.75 Å². The lowest BCUT2D eigenvalue weighted by Crippen LogP contribution is -2.36. The number of hydrogen-bond acceptors (Lipinski definition) is 2. The van der Waals surface area contributed by atoms with Gasteiger partial charge in [-0.25, -0.2) is 0 Å². The van der Waals surface area contributed by atoms with Gasteiger partial charge in [0.15, 0.2) is 0 Å². The van der Waals surface area contributed by atoms with E-state index in [-0.39, 0.29) is 0 Å². The molecule has 0 aliphatic heterocycles. The van der Waals surface area contributed by atoms with Gasteiger partial charge in [-0.2, -0.15) is 0 Å². The lowest BCUT2D eigenvalue weighted by Gasteiger charge is -2.35. The zero-order valence-corrected chi connectivity index (χ0v) is 13.4. The van der Waals surface area contributed by atoms with Crippen molar-refractivity contribution in [3.05, 3.63) is 28.7 Å². The number of hydrogen-bond donors (Lipinski definition) is 1. The van der Waals surface area contributed by atoms with Crippen LogP contribution < -0.4 is 4.74 Å². The van der Waals surface area contributed by atoms with E-state index in [0.717, 1.165) is 35.9 Å². The monoisotopic (exact) mass is 340 g/mol. The van der Waals surface area contributed by atoms with Gasteiger partial charge in [-0.3, -0.25) is 4.79 Å². The predicted octanol–water partition coefficient (Wildman–Crippen LogP) is 4.50. The minimum absolute atomic E-state index is 0.461. The van der Waals surface area contributed by atoms with Crippen molar-refractivity contribution < 1.29 is 14.6 Å². The maximum atomic E-state index is 11.6. The maximum absolute atomic E-state index is 11.6. The van der Waals surface area contributed by atoms with E-state index in [0.29, 0.717) is 18.9 Å². The molecule has 1 aliphatic carbocycles. The first kappa shape index (κ1) is 15.4. The second kappa shape index (κ2) is 6.61. The second-order valence-electron chi connectivity index (χ2n) is 5.82. The van der Waals surface area contributed by atoms with Crippen LogP contribution in [-0.4, -0.2) is 17.7 Å². The van der Waals surface area contributed by atoms with Crippen LogP contribution in [0.2, 0.25) is 0 Å². The smallest absolute Gasteiger partial charge is 0.309 e. The average molecular weight is 341 g/mol. The van der Waals surface area contributed by atoms with E-state index in [1.54, 1.807) is 0 Å². The Morgan fingerprint density at radius 1 is 1.35 bits per heavy atom. The van der Waals surface area contributed by atoms with Crippen molar-refractivity contribution in [1.29, 1.82) is 0 Å². The topological polar surface area (TPSA) is 46.5 Å². The Hall–Kier alpha value is -1.03. The molecule has 0 heterocycles. The molecule has 0 atom stereocenters. The first-order chi connectivity index (χ1) is 9.52. The van der Waals surface area contributed by atoms with Crippen LogP contribution in [0.4, 0.5) is 0 Å². The Morgan fingerprint density at radius 2 is 1.95 bits per heavy atom. The largest absolute Gasteiger partial charge is 0.494 e. The first-order valence-electron chi connectivity index (χ1n) is 7.14. The summed E-state index contributed by atoms with van der Waals surface area (Å²) in [6.07, 6.45) is 4.14. The summed E-state index contributed by atoms with van der Waals surface area (Å²) in [5.41, 5.74) is -0.581. The molecule has 20 heavy (non-hydrogen) atoms. The molecule has 0 bridgehead atoms. The van der Waals surface area contributed by atoms with Crippen LogP contribution in [0.25, 0.3) is 0 Å². The molecule has 0 spiro atoms. The molecule has 1 N–H and O–H groups in total. The SMILES string of the molecule is CC1CCC(CCOc2ccc(Br)cc2)(C(=O)O)CC1. The number of ether oxygens (including phenoxy) is 1. The van der Waals surface area contributed by atoms with E-state index in [9.17, 15) is 9.90 Å². The summed E-state index contributed by atoms with van der Waals surface area (Å²) in [7, 11) is 0. The van der Waals surface area contributed by atoms with E-state index in [1.165, 1.54) is 0 Å². The standard InChI is InChI=1S/C16H21BrO3/c1-12-6-8-16(9-7-12,15(18)19)10-11-20-14-4-2-13(17)3-5-14/h2-5,12H,6-11H2,1H3,(H,18,19). The van der Waals surface area contributed by atoms with Gasteiger partial charge in [0.1, 0.15) is 5.75 Å². The normalized spacial score (nSPS) is 26.2. The fraction of sp³-hybridized carbons (Fsp3) is 0.562. The fourth-order valence-electron chi connectivity index (χ4n) is 2.78. The maximum Gasteiger partial charge on any atom is 0.309 e.